The summed E-state index contributed by atoms with van der Waals surface area (Å²) in [5.41, 5.74) is 5.23. The Kier molecular flexibility index (Phi) is 3.15. The molecule has 0 bridgehead atoms. The summed E-state index contributed by atoms with van der Waals surface area (Å²) < 4.78 is 26.1. The van der Waals surface area contributed by atoms with Crippen LogP contribution >= 0.6 is 0 Å². The van der Waals surface area contributed by atoms with Crippen molar-refractivity contribution in [2.75, 3.05) is 13.1 Å². The van der Waals surface area contributed by atoms with Crippen molar-refractivity contribution in [2.45, 2.75) is 44.1 Å². The van der Waals surface area contributed by atoms with Crippen LogP contribution in [0.1, 0.15) is 32.1 Å². The molecule has 1 unspecified atom stereocenters. The minimum Gasteiger partial charge on any atom is -0.369 e. The van der Waals surface area contributed by atoms with Gasteiger partial charge in [-0.15, -0.1) is 0 Å². The summed E-state index contributed by atoms with van der Waals surface area (Å²) in [5, 5.41) is 0. The van der Waals surface area contributed by atoms with E-state index in [4.69, 9.17) is 5.73 Å². The number of likely N-dealkylation sites (tertiary alicyclic amines) is 1. The number of piperidine rings is 1. The lowest BCUT2D eigenvalue weighted by Gasteiger charge is -2.34. The molecule has 1 saturated carbocycles. The van der Waals surface area contributed by atoms with E-state index in [1.54, 1.807) is 0 Å². The van der Waals surface area contributed by atoms with Gasteiger partial charge in [-0.1, -0.05) is 0 Å². The lowest BCUT2D eigenvalue weighted by molar-refractivity contribution is -0.123. The fraction of sp³-hybridized carbons (Fsp3) is 0.909. The van der Waals surface area contributed by atoms with Crippen molar-refractivity contribution in [2.24, 2.45) is 11.7 Å². The Balaban J connectivity index is 1.84. The predicted molar refractivity (Wildman–Crippen MR) is 56.1 cm³/mol. The van der Waals surface area contributed by atoms with E-state index in [9.17, 15) is 13.6 Å². The monoisotopic (exact) mass is 232 g/mol. The highest BCUT2D eigenvalue weighted by molar-refractivity contribution is 5.76. The molecule has 0 spiro atoms. The molecule has 0 radical (unpaired) electrons. The fourth-order valence-corrected chi connectivity index (χ4v) is 2.79. The Morgan fingerprint density at radius 1 is 1.25 bits per heavy atom. The molecule has 1 aliphatic carbocycles. The van der Waals surface area contributed by atoms with Gasteiger partial charge in [0, 0.05) is 24.8 Å². The van der Waals surface area contributed by atoms with Gasteiger partial charge in [0.25, 0.3) is 0 Å². The van der Waals surface area contributed by atoms with Crippen LogP contribution in [0.4, 0.5) is 8.78 Å². The van der Waals surface area contributed by atoms with E-state index in [0.29, 0.717) is 6.42 Å². The number of carbonyl (C=O) groups excluding carboxylic acids is 1. The second-order valence-corrected chi connectivity index (χ2v) is 4.97. The molecule has 1 heterocycles. The van der Waals surface area contributed by atoms with Crippen LogP contribution < -0.4 is 5.73 Å². The quantitative estimate of drug-likeness (QED) is 0.781. The van der Waals surface area contributed by atoms with E-state index < -0.39 is 5.92 Å². The molecule has 5 heteroatoms. The van der Waals surface area contributed by atoms with Gasteiger partial charge in [0.15, 0.2) is 0 Å². The molecule has 0 aromatic heterocycles. The summed E-state index contributed by atoms with van der Waals surface area (Å²) in [6.07, 6.45) is 2.00. The zero-order valence-electron chi connectivity index (χ0n) is 9.29. The minimum absolute atomic E-state index is 0.00354. The molecule has 3 nitrogen and oxygen atoms in total. The Hall–Kier alpha value is -0.710. The third-order valence-electron chi connectivity index (χ3n) is 3.83. The molecular formula is C11H18F2N2O. The summed E-state index contributed by atoms with van der Waals surface area (Å²) in [4.78, 5) is 13.1. The van der Waals surface area contributed by atoms with Crippen molar-refractivity contribution in [3.05, 3.63) is 0 Å². The molecule has 2 N–H and O–H groups in total. The fourth-order valence-electron chi connectivity index (χ4n) is 2.79. The van der Waals surface area contributed by atoms with E-state index in [-0.39, 0.29) is 30.7 Å². The first-order valence-electron chi connectivity index (χ1n) is 5.89. The van der Waals surface area contributed by atoms with E-state index >= 15 is 0 Å². The zero-order valence-corrected chi connectivity index (χ0v) is 9.29. The second-order valence-electron chi connectivity index (χ2n) is 4.97. The van der Waals surface area contributed by atoms with E-state index in [2.05, 4.69) is 4.90 Å². The van der Waals surface area contributed by atoms with Gasteiger partial charge in [0.05, 0.1) is 0 Å². The first kappa shape index (κ1) is 11.8. The van der Waals surface area contributed by atoms with Crippen LogP contribution in [-0.4, -0.2) is 35.9 Å². The van der Waals surface area contributed by atoms with Gasteiger partial charge in [-0.2, -0.15) is 0 Å². The standard InChI is InChI=1S/C11H18F2N2O/c12-11(13)4-1-9(7-11)15-5-2-8(3-6-15)10(14)16/h8-9H,1-7H2,(H2,14,16). The number of primary amides is 1. The Morgan fingerprint density at radius 2 is 1.88 bits per heavy atom. The number of halogens is 2. The lowest BCUT2D eigenvalue weighted by atomic mass is 9.95. The number of nitrogens with zero attached hydrogens (tertiary/aromatic N) is 1. The Labute approximate surface area is 94.0 Å². The molecule has 0 aromatic rings. The van der Waals surface area contributed by atoms with Crippen LogP contribution in [0.5, 0.6) is 0 Å². The summed E-state index contributed by atoms with van der Waals surface area (Å²) >= 11 is 0. The van der Waals surface area contributed by atoms with Crippen molar-refractivity contribution in [3.63, 3.8) is 0 Å². The predicted octanol–water partition coefficient (Wildman–Crippen LogP) is 1.37. The van der Waals surface area contributed by atoms with Crippen molar-refractivity contribution >= 4 is 5.91 Å². The lowest BCUT2D eigenvalue weighted by Crippen LogP contribution is -2.43. The Bertz CT molecular complexity index is 275. The number of rotatable bonds is 2. The molecule has 1 amide bonds. The summed E-state index contributed by atoms with van der Waals surface area (Å²) in [7, 11) is 0. The largest absolute Gasteiger partial charge is 0.369 e. The van der Waals surface area contributed by atoms with Gasteiger partial charge in [-0.05, 0) is 32.4 Å². The minimum atomic E-state index is -2.48. The average Bonchev–Trinajstić information content (AvgIpc) is 2.59. The maximum absolute atomic E-state index is 13.1. The van der Waals surface area contributed by atoms with Crippen LogP contribution in [0.15, 0.2) is 0 Å². The van der Waals surface area contributed by atoms with E-state index in [1.165, 1.54) is 0 Å². The first-order valence-corrected chi connectivity index (χ1v) is 5.89. The number of hydrogen-bond acceptors (Lipinski definition) is 2. The Morgan fingerprint density at radius 3 is 2.31 bits per heavy atom. The molecular weight excluding hydrogens is 214 g/mol. The highest BCUT2D eigenvalue weighted by Crippen LogP contribution is 2.38. The van der Waals surface area contributed by atoms with Gasteiger partial charge in [0.1, 0.15) is 0 Å². The number of amides is 1. The van der Waals surface area contributed by atoms with Crippen LogP contribution in [0.2, 0.25) is 0 Å². The third-order valence-corrected chi connectivity index (χ3v) is 3.83. The summed E-state index contributed by atoms with van der Waals surface area (Å²) in [6, 6.07) is 0.00354. The van der Waals surface area contributed by atoms with Crippen LogP contribution in [0.25, 0.3) is 0 Å². The van der Waals surface area contributed by atoms with Gasteiger partial charge >= 0.3 is 0 Å². The molecule has 2 aliphatic rings. The third kappa shape index (κ3) is 2.51. The smallest absolute Gasteiger partial charge is 0.249 e. The van der Waals surface area contributed by atoms with Gasteiger partial charge in [-0.3, -0.25) is 4.79 Å². The highest BCUT2D eigenvalue weighted by atomic mass is 19.3. The van der Waals surface area contributed by atoms with Crippen molar-refractivity contribution in [1.29, 1.82) is 0 Å². The average molecular weight is 232 g/mol. The SMILES string of the molecule is NC(=O)C1CCN(C2CCC(F)(F)C2)CC1. The normalized spacial score (nSPS) is 31.8. The number of alkyl halides is 2. The highest BCUT2D eigenvalue weighted by Gasteiger charge is 2.42. The summed E-state index contributed by atoms with van der Waals surface area (Å²) in [6.45, 7) is 1.46. The van der Waals surface area contributed by atoms with Crippen LogP contribution in [-0.2, 0) is 4.79 Å². The molecule has 1 saturated heterocycles. The maximum atomic E-state index is 13.1. The van der Waals surface area contributed by atoms with Crippen LogP contribution in [0.3, 0.4) is 0 Å². The first-order chi connectivity index (χ1) is 7.48. The number of hydrogen-bond donors (Lipinski definition) is 1. The molecule has 2 rings (SSSR count). The van der Waals surface area contributed by atoms with Gasteiger partial charge < -0.3 is 10.6 Å². The molecule has 2 fully saturated rings. The topological polar surface area (TPSA) is 46.3 Å². The molecule has 16 heavy (non-hydrogen) atoms. The van der Waals surface area contributed by atoms with E-state index in [0.717, 1.165) is 25.9 Å². The molecule has 1 atom stereocenters. The molecule has 1 aliphatic heterocycles. The molecule has 92 valence electrons. The van der Waals surface area contributed by atoms with Crippen molar-refractivity contribution < 1.29 is 13.6 Å². The van der Waals surface area contributed by atoms with Crippen molar-refractivity contribution in [1.82, 2.24) is 4.90 Å². The van der Waals surface area contributed by atoms with Gasteiger partial charge in [-0.25, -0.2) is 8.78 Å². The van der Waals surface area contributed by atoms with Crippen LogP contribution in [0, 0.1) is 5.92 Å². The zero-order chi connectivity index (χ0) is 11.8. The summed E-state index contributed by atoms with van der Waals surface area (Å²) in [5.74, 6) is -2.79. The number of carbonyl (C=O) groups is 1. The molecule has 0 aromatic carbocycles. The van der Waals surface area contributed by atoms with Crippen molar-refractivity contribution in [3.8, 4) is 0 Å². The van der Waals surface area contributed by atoms with E-state index in [1.807, 2.05) is 0 Å². The number of nitrogens with two attached hydrogens (primary N) is 1. The second kappa shape index (κ2) is 4.28. The van der Waals surface area contributed by atoms with Gasteiger partial charge in [0.2, 0.25) is 11.8 Å². The maximum Gasteiger partial charge on any atom is 0.249 e.